The number of rotatable bonds is 10. The summed E-state index contributed by atoms with van der Waals surface area (Å²) in [4.78, 5) is 11.1. The lowest BCUT2D eigenvalue weighted by molar-refractivity contribution is -0.109. The summed E-state index contributed by atoms with van der Waals surface area (Å²) in [6.07, 6.45) is 6.30. The summed E-state index contributed by atoms with van der Waals surface area (Å²) in [5.74, 6) is 3.44. The summed E-state index contributed by atoms with van der Waals surface area (Å²) < 4.78 is 6.53. The van der Waals surface area contributed by atoms with Crippen molar-refractivity contribution in [2.75, 3.05) is 0 Å². The second-order valence-electron chi connectivity index (χ2n) is 7.93. The summed E-state index contributed by atoms with van der Waals surface area (Å²) >= 11 is 0. The molecule has 1 atom stereocenters. The van der Waals surface area contributed by atoms with E-state index in [9.17, 15) is 4.79 Å². The standard InChI is InChI=1S/C22H34O2Si2/c1-6-26(7-2,20-12-19-25(3,4)5)24-22(17-18-23)16-11-15-21-13-9-8-10-14-21/h8-11,13-15,18,22H,6-7,16-17,19H2,1-5H3/b15-11+. The molecule has 0 fully saturated rings. The number of benzene rings is 1. The zero-order chi connectivity index (χ0) is 19.5. The third-order valence-electron chi connectivity index (χ3n) is 4.34. The fourth-order valence-corrected chi connectivity index (χ4v) is 5.91. The monoisotopic (exact) mass is 386 g/mol. The number of aldehydes is 1. The SMILES string of the molecule is CC[Si](C#CC[Si](C)(C)C)(CC)OC(CC=O)C/C=C/c1ccccc1. The number of hydrogen-bond acceptors (Lipinski definition) is 2. The minimum absolute atomic E-state index is 0.0692. The van der Waals surface area contributed by atoms with Gasteiger partial charge in [0.15, 0.2) is 0 Å². The maximum absolute atomic E-state index is 11.1. The molecule has 0 radical (unpaired) electrons. The molecule has 0 saturated carbocycles. The minimum Gasteiger partial charge on any atom is -0.401 e. The van der Waals surface area contributed by atoms with E-state index in [0.29, 0.717) is 6.42 Å². The van der Waals surface area contributed by atoms with Gasteiger partial charge in [0.2, 0.25) is 0 Å². The van der Waals surface area contributed by atoms with Gasteiger partial charge in [0.1, 0.15) is 6.29 Å². The Balaban J connectivity index is 2.82. The van der Waals surface area contributed by atoms with Gasteiger partial charge in [-0.05, 0) is 24.1 Å². The van der Waals surface area contributed by atoms with Gasteiger partial charge in [-0.15, -0.1) is 5.92 Å². The van der Waals surface area contributed by atoms with Crippen molar-refractivity contribution in [3.05, 3.63) is 42.0 Å². The smallest absolute Gasteiger partial charge is 0.271 e. The van der Waals surface area contributed by atoms with Crippen LogP contribution in [0.1, 0.15) is 32.3 Å². The summed E-state index contributed by atoms with van der Waals surface area (Å²) in [7, 11) is -3.27. The first-order chi connectivity index (χ1) is 12.3. The molecule has 2 nitrogen and oxygen atoms in total. The Hall–Kier alpha value is -1.42. The average molecular weight is 387 g/mol. The summed E-state index contributed by atoms with van der Waals surface area (Å²) in [5, 5.41) is 0. The zero-order valence-corrected chi connectivity index (χ0v) is 19.0. The van der Waals surface area contributed by atoms with Crippen LogP contribution in [0.25, 0.3) is 6.08 Å². The molecular weight excluding hydrogens is 352 g/mol. The van der Waals surface area contributed by atoms with E-state index >= 15 is 0 Å². The molecule has 1 aromatic carbocycles. The molecule has 0 spiro atoms. The van der Waals surface area contributed by atoms with E-state index in [1.165, 1.54) is 5.56 Å². The van der Waals surface area contributed by atoms with E-state index in [0.717, 1.165) is 30.8 Å². The normalized spacial score (nSPS) is 13.3. The second kappa shape index (κ2) is 11.3. The molecule has 0 bridgehead atoms. The van der Waals surface area contributed by atoms with Crippen molar-refractivity contribution < 1.29 is 9.22 Å². The highest BCUT2D eigenvalue weighted by Crippen LogP contribution is 2.22. The van der Waals surface area contributed by atoms with Gasteiger partial charge >= 0.3 is 0 Å². The highest BCUT2D eigenvalue weighted by molar-refractivity contribution is 6.82. The Kier molecular flexibility index (Phi) is 9.86. The Morgan fingerprint density at radius 1 is 1.08 bits per heavy atom. The van der Waals surface area contributed by atoms with Crippen LogP contribution in [0, 0.1) is 11.5 Å². The molecule has 142 valence electrons. The van der Waals surface area contributed by atoms with Gasteiger partial charge in [-0.25, -0.2) is 0 Å². The van der Waals surface area contributed by atoms with Crippen LogP contribution in [0.15, 0.2) is 36.4 Å². The van der Waals surface area contributed by atoms with E-state index in [2.05, 4.69) is 69.2 Å². The first kappa shape index (κ1) is 22.6. The predicted octanol–water partition coefficient (Wildman–Crippen LogP) is 5.93. The Bertz CT molecular complexity index is 617. The quantitative estimate of drug-likeness (QED) is 0.283. The van der Waals surface area contributed by atoms with Crippen LogP contribution in [-0.4, -0.2) is 28.8 Å². The topological polar surface area (TPSA) is 26.3 Å². The number of carbonyl (C=O) groups is 1. The predicted molar refractivity (Wildman–Crippen MR) is 118 cm³/mol. The molecule has 0 aliphatic rings. The van der Waals surface area contributed by atoms with Gasteiger partial charge in [0.05, 0.1) is 14.2 Å². The van der Waals surface area contributed by atoms with E-state index in [1.807, 2.05) is 18.2 Å². The Morgan fingerprint density at radius 3 is 2.27 bits per heavy atom. The van der Waals surface area contributed by atoms with Crippen LogP contribution in [0.4, 0.5) is 0 Å². The largest absolute Gasteiger partial charge is 0.401 e. The molecule has 1 rings (SSSR count). The zero-order valence-electron chi connectivity index (χ0n) is 17.0. The molecule has 0 aromatic heterocycles. The lowest BCUT2D eigenvalue weighted by Crippen LogP contribution is -2.40. The molecule has 26 heavy (non-hydrogen) atoms. The van der Waals surface area contributed by atoms with Crippen molar-refractivity contribution in [2.24, 2.45) is 0 Å². The number of hydrogen-bond donors (Lipinski definition) is 0. The highest BCUT2D eigenvalue weighted by Gasteiger charge is 2.32. The minimum atomic E-state index is -2.10. The first-order valence-electron chi connectivity index (χ1n) is 9.67. The second-order valence-corrected chi connectivity index (χ2v) is 17.3. The van der Waals surface area contributed by atoms with E-state index in [1.54, 1.807) is 0 Å². The van der Waals surface area contributed by atoms with Crippen LogP contribution >= 0.6 is 0 Å². The van der Waals surface area contributed by atoms with Crippen LogP contribution in [0.3, 0.4) is 0 Å². The van der Waals surface area contributed by atoms with Gasteiger partial charge < -0.3 is 9.22 Å². The maximum Gasteiger partial charge on any atom is 0.271 e. The van der Waals surface area contributed by atoms with Crippen LogP contribution in [0.5, 0.6) is 0 Å². The molecule has 0 saturated heterocycles. The van der Waals surface area contributed by atoms with Gasteiger partial charge in [0, 0.05) is 12.5 Å². The molecule has 0 amide bonds. The van der Waals surface area contributed by atoms with Crippen molar-refractivity contribution in [3.8, 4) is 11.5 Å². The fourth-order valence-electron chi connectivity index (χ4n) is 2.63. The summed E-state index contributed by atoms with van der Waals surface area (Å²) in [6.45, 7) is 11.4. The van der Waals surface area contributed by atoms with Crippen LogP contribution < -0.4 is 0 Å². The first-order valence-corrected chi connectivity index (χ1v) is 15.7. The molecule has 1 aromatic rings. The van der Waals surface area contributed by atoms with Crippen molar-refractivity contribution in [2.45, 2.75) is 70.6 Å². The van der Waals surface area contributed by atoms with Crippen LogP contribution in [0.2, 0.25) is 37.8 Å². The fraction of sp³-hybridized carbons (Fsp3) is 0.500. The number of carbonyl (C=O) groups excluding carboxylic acids is 1. The van der Waals surface area contributed by atoms with Crippen molar-refractivity contribution >= 4 is 28.8 Å². The average Bonchev–Trinajstić information content (AvgIpc) is 2.61. The molecule has 0 aliphatic heterocycles. The van der Waals surface area contributed by atoms with Gasteiger partial charge in [-0.1, -0.05) is 81.5 Å². The van der Waals surface area contributed by atoms with Crippen molar-refractivity contribution in [1.82, 2.24) is 0 Å². The molecule has 0 N–H and O–H groups in total. The summed E-state index contributed by atoms with van der Waals surface area (Å²) in [6, 6.07) is 13.2. The Labute approximate surface area is 162 Å². The molecular formula is C22H34O2Si2. The molecule has 1 unspecified atom stereocenters. The van der Waals surface area contributed by atoms with Crippen LogP contribution in [-0.2, 0) is 9.22 Å². The van der Waals surface area contributed by atoms with Gasteiger partial charge in [0.25, 0.3) is 8.32 Å². The van der Waals surface area contributed by atoms with E-state index in [4.69, 9.17) is 4.43 Å². The van der Waals surface area contributed by atoms with Gasteiger partial charge in [-0.2, -0.15) is 0 Å². The molecule has 4 heteroatoms. The van der Waals surface area contributed by atoms with E-state index < -0.39 is 16.4 Å². The third kappa shape index (κ3) is 8.80. The highest BCUT2D eigenvalue weighted by atomic mass is 28.4. The third-order valence-corrected chi connectivity index (χ3v) is 9.28. The lowest BCUT2D eigenvalue weighted by atomic mass is 10.1. The van der Waals surface area contributed by atoms with Crippen molar-refractivity contribution in [3.63, 3.8) is 0 Å². The summed E-state index contributed by atoms with van der Waals surface area (Å²) in [5.41, 5.74) is 4.72. The van der Waals surface area contributed by atoms with E-state index in [-0.39, 0.29) is 6.10 Å². The van der Waals surface area contributed by atoms with Gasteiger partial charge in [-0.3, -0.25) is 0 Å². The Morgan fingerprint density at radius 2 is 1.73 bits per heavy atom. The lowest BCUT2D eigenvalue weighted by Gasteiger charge is -2.28. The van der Waals surface area contributed by atoms with Crippen molar-refractivity contribution in [1.29, 1.82) is 0 Å². The maximum atomic E-state index is 11.1. The molecule has 0 aliphatic carbocycles. The molecule has 0 heterocycles.